The van der Waals surface area contributed by atoms with Gasteiger partial charge < -0.3 is 11.5 Å². The maximum Gasteiger partial charge on any atom is 0.165 e. The molecular formula is C7H6FN3. The van der Waals surface area contributed by atoms with E-state index in [9.17, 15) is 4.39 Å². The molecule has 0 aliphatic rings. The first-order chi connectivity index (χ1) is 5.16. The molecule has 4 heteroatoms. The number of anilines is 2. The minimum atomic E-state index is -0.743. The predicted molar refractivity (Wildman–Crippen MR) is 39.9 cm³/mol. The van der Waals surface area contributed by atoms with Gasteiger partial charge in [-0.1, -0.05) is 0 Å². The van der Waals surface area contributed by atoms with Crippen LogP contribution in [0.2, 0.25) is 0 Å². The Kier molecular flexibility index (Phi) is 1.65. The Bertz CT molecular complexity index is 327. The van der Waals surface area contributed by atoms with Gasteiger partial charge in [0, 0.05) is 0 Å². The molecule has 0 bridgehead atoms. The van der Waals surface area contributed by atoms with Crippen molar-refractivity contribution in [2.45, 2.75) is 0 Å². The van der Waals surface area contributed by atoms with Gasteiger partial charge in [-0.3, -0.25) is 0 Å². The van der Waals surface area contributed by atoms with Crippen LogP contribution in [-0.2, 0) is 0 Å². The number of nitriles is 1. The van der Waals surface area contributed by atoms with E-state index in [0.717, 1.165) is 0 Å². The molecule has 1 rings (SSSR count). The van der Waals surface area contributed by atoms with E-state index >= 15 is 0 Å². The van der Waals surface area contributed by atoms with Gasteiger partial charge in [0.25, 0.3) is 0 Å². The topological polar surface area (TPSA) is 75.8 Å². The number of benzene rings is 1. The van der Waals surface area contributed by atoms with Crippen molar-refractivity contribution >= 4 is 11.4 Å². The van der Waals surface area contributed by atoms with Crippen molar-refractivity contribution in [2.75, 3.05) is 11.5 Å². The molecule has 0 saturated heterocycles. The summed E-state index contributed by atoms with van der Waals surface area (Å²) in [6.45, 7) is 0. The Morgan fingerprint density at radius 2 is 2.00 bits per heavy atom. The monoisotopic (exact) mass is 151 g/mol. The highest BCUT2D eigenvalue weighted by molar-refractivity contribution is 5.66. The molecule has 0 radical (unpaired) electrons. The third-order valence-corrected chi connectivity index (χ3v) is 1.33. The van der Waals surface area contributed by atoms with Crippen molar-refractivity contribution in [1.29, 1.82) is 5.26 Å². The summed E-state index contributed by atoms with van der Waals surface area (Å²) in [4.78, 5) is 0. The third kappa shape index (κ3) is 1.08. The summed E-state index contributed by atoms with van der Waals surface area (Å²) in [5.41, 5.74) is 10.4. The largest absolute Gasteiger partial charge is 0.397 e. The van der Waals surface area contributed by atoms with Crippen LogP contribution in [0.25, 0.3) is 0 Å². The van der Waals surface area contributed by atoms with Crippen LogP contribution in [-0.4, -0.2) is 0 Å². The van der Waals surface area contributed by atoms with Crippen LogP contribution in [0.3, 0.4) is 0 Å². The predicted octanol–water partition coefficient (Wildman–Crippen LogP) is 0.862. The molecule has 0 amide bonds. The molecule has 0 fully saturated rings. The minimum Gasteiger partial charge on any atom is -0.397 e. The van der Waals surface area contributed by atoms with Crippen LogP contribution in [0, 0.1) is 17.1 Å². The van der Waals surface area contributed by atoms with E-state index in [0.29, 0.717) is 0 Å². The second-order valence-corrected chi connectivity index (χ2v) is 2.04. The summed E-state index contributed by atoms with van der Waals surface area (Å²) in [6.07, 6.45) is 0. The van der Waals surface area contributed by atoms with Gasteiger partial charge in [-0.15, -0.1) is 0 Å². The molecule has 1 aromatic rings. The molecular weight excluding hydrogens is 145 g/mol. The van der Waals surface area contributed by atoms with Crippen LogP contribution in [0.15, 0.2) is 12.1 Å². The zero-order chi connectivity index (χ0) is 8.43. The van der Waals surface area contributed by atoms with E-state index in [-0.39, 0.29) is 16.9 Å². The fourth-order valence-corrected chi connectivity index (χ4v) is 0.694. The van der Waals surface area contributed by atoms with E-state index < -0.39 is 5.82 Å². The Balaban J connectivity index is 3.40. The van der Waals surface area contributed by atoms with Crippen molar-refractivity contribution in [2.24, 2.45) is 0 Å². The quantitative estimate of drug-likeness (QED) is 0.540. The number of nitrogens with zero attached hydrogens (tertiary/aromatic N) is 1. The molecule has 4 N–H and O–H groups in total. The van der Waals surface area contributed by atoms with Gasteiger partial charge in [-0.2, -0.15) is 5.26 Å². The molecule has 56 valence electrons. The highest BCUT2D eigenvalue weighted by atomic mass is 19.1. The van der Waals surface area contributed by atoms with Crippen molar-refractivity contribution in [3.63, 3.8) is 0 Å². The van der Waals surface area contributed by atoms with Gasteiger partial charge in [0.15, 0.2) is 5.82 Å². The number of nitrogen functional groups attached to an aromatic ring is 2. The molecule has 0 aliphatic heterocycles. The lowest BCUT2D eigenvalue weighted by Crippen LogP contribution is -1.99. The summed E-state index contributed by atoms with van der Waals surface area (Å²) >= 11 is 0. The van der Waals surface area contributed by atoms with Crippen LogP contribution in [0.5, 0.6) is 0 Å². The smallest absolute Gasteiger partial charge is 0.165 e. The van der Waals surface area contributed by atoms with Crippen molar-refractivity contribution in [3.05, 3.63) is 23.5 Å². The number of hydrogen-bond acceptors (Lipinski definition) is 3. The molecule has 11 heavy (non-hydrogen) atoms. The zero-order valence-corrected chi connectivity index (χ0v) is 5.63. The second-order valence-electron chi connectivity index (χ2n) is 2.04. The molecule has 0 saturated carbocycles. The van der Waals surface area contributed by atoms with E-state index in [2.05, 4.69) is 0 Å². The van der Waals surface area contributed by atoms with Crippen molar-refractivity contribution in [3.8, 4) is 6.07 Å². The summed E-state index contributed by atoms with van der Waals surface area (Å²) in [6, 6.07) is 4.35. The van der Waals surface area contributed by atoms with Crippen LogP contribution in [0.1, 0.15) is 5.56 Å². The summed E-state index contributed by atoms with van der Waals surface area (Å²) in [5, 5.41) is 8.35. The first kappa shape index (κ1) is 7.35. The van der Waals surface area contributed by atoms with E-state index in [1.807, 2.05) is 0 Å². The van der Waals surface area contributed by atoms with Crippen molar-refractivity contribution < 1.29 is 4.39 Å². The fourth-order valence-electron chi connectivity index (χ4n) is 0.694. The SMILES string of the molecule is N#Cc1ccc(N)c(N)c1F. The van der Waals surface area contributed by atoms with Crippen molar-refractivity contribution in [1.82, 2.24) is 0 Å². The molecule has 3 nitrogen and oxygen atoms in total. The lowest BCUT2D eigenvalue weighted by Gasteiger charge is -2.00. The van der Waals surface area contributed by atoms with E-state index in [1.54, 1.807) is 6.07 Å². The minimum absolute atomic E-state index is 0.0864. The first-order valence-electron chi connectivity index (χ1n) is 2.90. The number of hydrogen-bond donors (Lipinski definition) is 2. The maximum atomic E-state index is 12.8. The van der Waals surface area contributed by atoms with Gasteiger partial charge in [-0.25, -0.2) is 4.39 Å². The Hall–Kier alpha value is -1.76. The lowest BCUT2D eigenvalue weighted by molar-refractivity contribution is 0.629. The molecule has 0 heterocycles. The third-order valence-electron chi connectivity index (χ3n) is 1.33. The average molecular weight is 151 g/mol. The standard InChI is InChI=1S/C7H6FN3/c8-6-4(3-9)1-2-5(10)7(6)11/h1-2H,10-11H2. The van der Waals surface area contributed by atoms with E-state index in [1.165, 1.54) is 12.1 Å². The van der Waals surface area contributed by atoms with Gasteiger partial charge in [0.05, 0.1) is 16.9 Å². The fraction of sp³-hybridized carbons (Fsp3) is 0. The van der Waals surface area contributed by atoms with Gasteiger partial charge in [-0.05, 0) is 12.1 Å². The highest BCUT2D eigenvalue weighted by Gasteiger charge is 2.06. The molecule has 1 aromatic carbocycles. The number of nitrogens with two attached hydrogens (primary N) is 2. The Labute approximate surface area is 63.0 Å². The Morgan fingerprint density at radius 3 is 2.55 bits per heavy atom. The van der Waals surface area contributed by atoms with Crippen LogP contribution in [0.4, 0.5) is 15.8 Å². The van der Waals surface area contributed by atoms with E-state index in [4.69, 9.17) is 16.7 Å². The molecule has 0 aromatic heterocycles. The highest BCUT2D eigenvalue weighted by Crippen LogP contribution is 2.20. The normalized spacial score (nSPS) is 9.09. The summed E-state index contributed by atoms with van der Waals surface area (Å²) in [7, 11) is 0. The molecule has 0 spiro atoms. The van der Waals surface area contributed by atoms with Gasteiger partial charge in [0.1, 0.15) is 6.07 Å². The van der Waals surface area contributed by atoms with Gasteiger partial charge in [0.2, 0.25) is 0 Å². The average Bonchev–Trinajstić information content (AvgIpc) is 2.01. The summed E-state index contributed by atoms with van der Waals surface area (Å²) < 4.78 is 12.8. The van der Waals surface area contributed by atoms with Gasteiger partial charge >= 0.3 is 0 Å². The van der Waals surface area contributed by atoms with Crippen LogP contribution < -0.4 is 11.5 Å². The zero-order valence-electron chi connectivity index (χ0n) is 5.63. The number of rotatable bonds is 0. The number of halogens is 1. The summed E-state index contributed by atoms with van der Waals surface area (Å²) in [5.74, 6) is -0.743. The molecule has 0 unspecified atom stereocenters. The maximum absolute atomic E-state index is 12.8. The first-order valence-corrected chi connectivity index (χ1v) is 2.90. The molecule has 0 aliphatic carbocycles. The van der Waals surface area contributed by atoms with Crippen LogP contribution >= 0.6 is 0 Å². The second kappa shape index (κ2) is 2.46. The lowest BCUT2D eigenvalue weighted by atomic mass is 10.2. The molecule has 0 atom stereocenters. The Morgan fingerprint density at radius 1 is 1.36 bits per heavy atom.